The molecule has 0 aliphatic heterocycles. The molecular formula is C21H16N6. The van der Waals surface area contributed by atoms with Crippen LogP contribution in [0.5, 0.6) is 0 Å². The summed E-state index contributed by atoms with van der Waals surface area (Å²) >= 11 is 0. The minimum Gasteiger partial charge on any atom is -0.361 e. The van der Waals surface area contributed by atoms with Crippen LogP contribution in [0.3, 0.4) is 0 Å². The van der Waals surface area contributed by atoms with Crippen LogP contribution >= 0.6 is 0 Å². The van der Waals surface area contributed by atoms with Crippen LogP contribution in [0.1, 0.15) is 5.56 Å². The van der Waals surface area contributed by atoms with Gasteiger partial charge in [-0.25, -0.2) is 9.97 Å². The molecule has 0 saturated carbocycles. The van der Waals surface area contributed by atoms with Gasteiger partial charge >= 0.3 is 0 Å². The molecule has 130 valence electrons. The fraction of sp³-hybridized carbons (Fsp3) is 0.0476. The van der Waals surface area contributed by atoms with Crippen molar-refractivity contribution < 1.29 is 0 Å². The van der Waals surface area contributed by atoms with E-state index in [9.17, 15) is 0 Å². The van der Waals surface area contributed by atoms with Gasteiger partial charge in [0.15, 0.2) is 5.82 Å². The molecule has 5 rings (SSSR count). The second-order valence-electron chi connectivity index (χ2n) is 6.33. The summed E-state index contributed by atoms with van der Waals surface area (Å²) in [5, 5.41) is 5.55. The number of rotatable bonds is 3. The molecule has 1 aromatic carbocycles. The molecule has 0 aliphatic carbocycles. The van der Waals surface area contributed by atoms with Crippen LogP contribution in [0.4, 0.5) is 11.5 Å². The van der Waals surface area contributed by atoms with Crippen LogP contribution in [0, 0.1) is 6.92 Å². The zero-order valence-electron chi connectivity index (χ0n) is 14.6. The van der Waals surface area contributed by atoms with E-state index >= 15 is 0 Å². The van der Waals surface area contributed by atoms with Crippen molar-refractivity contribution in [2.75, 3.05) is 5.32 Å². The lowest BCUT2D eigenvalue weighted by molar-refractivity contribution is 1.20. The molecule has 6 nitrogen and oxygen atoms in total. The number of benzene rings is 1. The number of aromatic amines is 1. The number of fused-ring (bicyclic) bond motifs is 2. The highest BCUT2D eigenvalue weighted by molar-refractivity contribution is 5.94. The Labute approximate surface area is 155 Å². The Morgan fingerprint density at radius 2 is 1.70 bits per heavy atom. The van der Waals surface area contributed by atoms with Gasteiger partial charge in [-0.3, -0.25) is 9.97 Å². The molecule has 2 N–H and O–H groups in total. The van der Waals surface area contributed by atoms with Gasteiger partial charge in [0.2, 0.25) is 0 Å². The molecule has 6 heteroatoms. The number of aryl methyl sites for hydroxylation is 1. The SMILES string of the molecule is Cc1c(Nc2nc(-c3ccncc3)nc3ccncc23)ccc2[nH]ccc12. The van der Waals surface area contributed by atoms with Crippen molar-refractivity contribution in [1.29, 1.82) is 0 Å². The van der Waals surface area contributed by atoms with E-state index in [2.05, 4.69) is 50.4 Å². The van der Waals surface area contributed by atoms with Crippen molar-refractivity contribution in [3.63, 3.8) is 0 Å². The monoisotopic (exact) mass is 352 g/mol. The summed E-state index contributed by atoms with van der Waals surface area (Å²) < 4.78 is 0. The third-order valence-corrected chi connectivity index (χ3v) is 4.69. The predicted octanol–water partition coefficient (Wildman–Crippen LogP) is 4.62. The van der Waals surface area contributed by atoms with Crippen LogP contribution in [0.15, 0.2) is 67.4 Å². The van der Waals surface area contributed by atoms with Gasteiger partial charge in [-0.05, 0) is 48.9 Å². The molecule has 0 fully saturated rings. The number of aromatic nitrogens is 5. The smallest absolute Gasteiger partial charge is 0.162 e. The molecular weight excluding hydrogens is 336 g/mol. The van der Waals surface area contributed by atoms with Gasteiger partial charge in [0.05, 0.1) is 10.9 Å². The van der Waals surface area contributed by atoms with Crippen molar-refractivity contribution in [3.8, 4) is 11.4 Å². The van der Waals surface area contributed by atoms with E-state index in [1.54, 1.807) is 24.8 Å². The molecule has 0 atom stereocenters. The van der Waals surface area contributed by atoms with Crippen molar-refractivity contribution in [2.45, 2.75) is 6.92 Å². The van der Waals surface area contributed by atoms with Crippen LogP contribution in [-0.4, -0.2) is 24.9 Å². The maximum Gasteiger partial charge on any atom is 0.162 e. The molecule has 0 spiro atoms. The average Bonchev–Trinajstić information content (AvgIpc) is 3.20. The number of hydrogen-bond acceptors (Lipinski definition) is 5. The fourth-order valence-electron chi connectivity index (χ4n) is 3.24. The van der Waals surface area contributed by atoms with E-state index in [-0.39, 0.29) is 0 Å². The van der Waals surface area contributed by atoms with Crippen molar-refractivity contribution in [1.82, 2.24) is 24.9 Å². The number of anilines is 2. The number of pyridine rings is 2. The number of hydrogen-bond donors (Lipinski definition) is 2. The maximum atomic E-state index is 4.78. The first-order valence-corrected chi connectivity index (χ1v) is 8.65. The first kappa shape index (κ1) is 15.5. The summed E-state index contributed by atoms with van der Waals surface area (Å²) in [6.45, 7) is 2.10. The van der Waals surface area contributed by atoms with Gasteiger partial charge in [-0.15, -0.1) is 0 Å². The second kappa shape index (κ2) is 6.17. The fourth-order valence-corrected chi connectivity index (χ4v) is 3.24. The summed E-state index contributed by atoms with van der Waals surface area (Å²) in [5.74, 6) is 1.39. The highest BCUT2D eigenvalue weighted by Crippen LogP contribution is 2.30. The maximum absolute atomic E-state index is 4.78. The first-order chi connectivity index (χ1) is 13.3. The molecule has 4 heterocycles. The van der Waals surface area contributed by atoms with Crippen molar-refractivity contribution in [3.05, 3.63) is 72.9 Å². The van der Waals surface area contributed by atoms with Gasteiger partial charge in [0.1, 0.15) is 5.82 Å². The quantitative estimate of drug-likeness (QED) is 0.495. The Balaban J connectivity index is 1.68. The van der Waals surface area contributed by atoms with E-state index in [0.29, 0.717) is 5.82 Å². The van der Waals surface area contributed by atoms with E-state index in [1.165, 1.54) is 5.39 Å². The standard InChI is InChI=1S/C21H16N6/c1-13-15-6-11-24-18(15)3-2-17(13)25-21-16-12-23-10-7-19(16)26-20(27-21)14-4-8-22-9-5-14/h2-12,24H,1H3,(H,25,26,27). The zero-order chi connectivity index (χ0) is 18.2. The molecule has 27 heavy (non-hydrogen) atoms. The third kappa shape index (κ3) is 2.67. The van der Waals surface area contributed by atoms with Gasteiger partial charge in [0, 0.05) is 53.1 Å². The Hall–Kier alpha value is -3.80. The third-order valence-electron chi connectivity index (χ3n) is 4.69. The molecule has 0 saturated heterocycles. The van der Waals surface area contributed by atoms with Crippen LogP contribution in [0.2, 0.25) is 0 Å². The van der Waals surface area contributed by atoms with E-state index in [1.807, 2.05) is 24.4 Å². The molecule has 4 aromatic heterocycles. The van der Waals surface area contributed by atoms with Crippen molar-refractivity contribution >= 4 is 33.3 Å². The van der Waals surface area contributed by atoms with E-state index in [4.69, 9.17) is 4.98 Å². The molecule has 5 aromatic rings. The van der Waals surface area contributed by atoms with Crippen LogP contribution < -0.4 is 5.32 Å². The lowest BCUT2D eigenvalue weighted by Gasteiger charge is -2.13. The van der Waals surface area contributed by atoms with Crippen molar-refractivity contribution in [2.24, 2.45) is 0 Å². The first-order valence-electron chi connectivity index (χ1n) is 8.65. The number of nitrogens with one attached hydrogen (secondary N) is 2. The molecule has 0 bridgehead atoms. The topological polar surface area (TPSA) is 79.4 Å². The predicted molar refractivity (Wildman–Crippen MR) is 107 cm³/mol. The summed E-state index contributed by atoms with van der Waals surface area (Å²) in [6.07, 6.45) is 8.97. The lowest BCUT2D eigenvalue weighted by atomic mass is 10.1. The average molecular weight is 352 g/mol. The molecule has 0 amide bonds. The van der Waals surface area contributed by atoms with E-state index in [0.717, 1.165) is 39.1 Å². The van der Waals surface area contributed by atoms with Gasteiger partial charge in [0.25, 0.3) is 0 Å². The number of nitrogens with zero attached hydrogens (tertiary/aromatic N) is 4. The summed E-state index contributed by atoms with van der Waals surface area (Å²) in [5.41, 5.74) is 5.05. The summed E-state index contributed by atoms with van der Waals surface area (Å²) in [4.78, 5) is 21.0. The Bertz CT molecular complexity index is 1260. The summed E-state index contributed by atoms with van der Waals surface area (Å²) in [6, 6.07) is 11.9. The second-order valence-corrected chi connectivity index (χ2v) is 6.33. The largest absolute Gasteiger partial charge is 0.361 e. The van der Waals surface area contributed by atoms with Crippen LogP contribution in [-0.2, 0) is 0 Å². The Morgan fingerprint density at radius 3 is 2.59 bits per heavy atom. The molecule has 0 aliphatic rings. The van der Waals surface area contributed by atoms with Gasteiger partial charge < -0.3 is 10.3 Å². The molecule has 0 radical (unpaired) electrons. The minimum absolute atomic E-state index is 0.652. The van der Waals surface area contributed by atoms with Gasteiger partial charge in [-0.1, -0.05) is 0 Å². The normalized spacial score (nSPS) is 11.1. The molecule has 0 unspecified atom stereocenters. The highest BCUT2D eigenvalue weighted by Gasteiger charge is 2.12. The number of H-pyrrole nitrogens is 1. The Kier molecular flexibility index (Phi) is 3.53. The minimum atomic E-state index is 0.652. The summed E-state index contributed by atoms with van der Waals surface area (Å²) in [7, 11) is 0. The Morgan fingerprint density at radius 1 is 0.852 bits per heavy atom. The lowest BCUT2D eigenvalue weighted by Crippen LogP contribution is -2.01. The van der Waals surface area contributed by atoms with Crippen LogP contribution in [0.25, 0.3) is 33.2 Å². The highest BCUT2D eigenvalue weighted by atomic mass is 15.0. The van der Waals surface area contributed by atoms with E-state index < -0.39 is 0 Å². The zero-order valence-corrected chi connectivity index (χ0v) is 14.6. The van der Waals surface area contributed by atoms with Gasteiger partial charge in [-0.2, -0.15) is 0 Å².